The largest absolute Gasteiger partial charge is 0.396 e. The summed E-state index contributed by atoms with van der Waals surface area (Å²) in [7, 11) is 0. The smallest absolute Gasteiger partial charge is 0.254 e. The standard InChI is InChI=1S/C12H19F2NO.C3H8.C2H6/c13-12(14)7-11(12)3-5-15(6-4-11)8-10(9-16)1-2-10;1-3-2;1-2/h16H,1-9H2;3H2,1-2H3;1-2H3. The van der Waals surface area contributed by atoms with Gasteiger partial charge < -0.3 is 10.0 Å². The second-order valence-corrected chi connectivity index (χ2v) is 6.80. The van der Waals surface area contributed by atoms with Crippen LogP contribution in [0.15, 0.2) is 0 Å². The van der Waals surface area contributed by atoms with Gasteiger partial charge in [-0.2, -0.15) is 0 Å². The molecular weight excluding hydrogens is 272 g/mol. The van der Waals surface area contributed by atoms with E-state index in [4.69, 9.17) is 0 Å². The van der Waals surface area contributed by atoms with Gasteiger partial charge in [-0.25, -0.2) is 8.78 Å². The molecule has 0 aromatic rings. The van der Waals surface area contributed by atoms with E-state index in [1.165, 1.54) is 6.42 Å². The van der Waals surface area contributed by atoms with E-state index in [-0.39, 0.29) is 18.4 Å². The second kappa shape index (κ2) is 7.36. The van der Waals surface area contributed by atoms with Gasteiger partial charge in [0.15, 0.2) is 0 Å². The van der Waals surface area contributed by atoms with Crippen molar-refractivity contribution in [3.8, 4) is 0 Å². The molecule has 1 N–H and O–H groups in total. The first-order valence-corrected chi connectivity index (χ1v) is 8.64. The highest BCUT2D eigenvalue weighted by Crippen LogP contribution is 2.66. The average molecular weight is 305 g/mol. The van der Waals surface area contributed by atoms with Crippen molar-refractivity contribution in [1.82, 2.24) is 4.90 Å². The van der Waals surface area contributed by atoms with E-state index >= 15 is 0 Å². The molecular formula is C17H33F2NO. The summed E-state index contributed by atoms with van der Waals surface area (Å²) < 4.78 is 26.3. The first-order chi connectivity index (χ1) is 9.92. The first-order valence-electron chi connectivity index (χ1n) is 8.64. The van der Waals surface area contributed by atoms with E-state index in [9.17, 15) is 13.9 Å². The van der Waals surface area contributed by atoms with E-state index in [0.29, 0.717) is 12.8 Å². The number of alkyl halides is 2. The fourth-order valence-electron chi connectivity index (χ4n) is 3.08. The molecule has 0 atom stereocenters. The van der Waals surface area contributed by atoms with Crippen LogP contribution in [0.2, 0.25) is 0 Å². The van der Waals surface area contributed by atoms with Gasteiger partial charge in [-0.05, 0) is 38.8 Å². The molecule has 1 saturated heterocycles. The van der Waals surface area contributed by atoms with Crippen LogP contribution in [0.4, 0.5) is 8.78 Å². The van der Waals surface area contributed by atoms with E-state index in [0.717, 1.165) is 32.5 Å². The molecule has 0 aromatic carbocycles. The van der Waals surface area contributed by atoms with Crippen molar-refractivity contribution in [2.75, 3.05) is 26.2 Å². The molecule has 0 bridgehead atoms. The van der Waals surface area contributed by atoms with Gasteiger partial charge in [-0.3, -0.25) is 0 Å². The fraction of sp³-hybridized carbons (Fsp3) is 1.00. The van der Waals surface area contributed by atoms with Gasteiger partial charge >= 0.3 is 0 Å². The second-order valence-electron chi connectivity index (χ2n) is 6.80. The molecule has 3 rings (SSSR count). The third-order valence-electron chi connectivity index (χ3n) is 4.88. The van der Waals surface area contributed by atoms with E-state index in [1.54, 1.807) is 0 Å². The molecule has 126 valence electrons. The minimum atomic E-state index is -2.38. The molecule has 3 aliphatic rings. The van der Waals surface area contributed by atoms with Crippen LogP contribution in [0.3, 0.4) is 0 Å². The van der Waals surface area contributed by atoms with Gasteiger partial charge in [-0.1, -0.05) is 34.1 Å². The lowest BCUT2D eigenvalue weighted by molar-refractivity contribution is 0.0247. The Morgan fingerprint density at radius 3 is 1.71 bits per heavy atom. The normalized spacial score (nSPS) is 27.0. The Hall–Kier alpha value is -0.220. The van der Waals surface area contributed by atoms with Crippen LogP contribution >= 0.6 is 0 Å². The maximum atomic E-state index is 13.2. The lowest BCUT2D eigenvalue weighted by Crippen LogP contribution is -2.40. The molecule has 2 saturated carbocycles. The SMILES string of the molecule is CC.CCC.OCC1(CN2CCC3(CC2)CC3(F)F)CC1. The molecule has 0 radical (unpaired) electrons. The zero-order valence-electron chi connectivity index (χ0n) is 14.2. The van der Waals surface area contributed by atoms with Crippen LogP contribution in [0.5, 0.6) is 0 Å². The van der Waals surface area contributed by atoms with Crippen LogP contribution in [0.25, 0.3) is 0 Å². The number of halogens is 2. The molecule has 1 spiro atoms. The Kier molecular flexibility index (Phi) is 6.60. The summed E-state index contributed by atoms with van der Waals surface area (Å²) in [6, 6.07) is 0. The average Bonchev–Trinajstić information content (AvgIpc) is 3.34. The zero-order chi connectivity index (χ0) is 16.1. The highest BCUT2D eigenvalue weighted by Gasteiger charge is 2.70. The number of piperidine rings is 1. The van der Waals surface area contributed by atoms with Crippen molar-refractivity contribution >= 4 is 0 Å². The summed E-state index contributed by atoms with van der Waals surface area (Å²) in [6.07, 6.45) is 4.84. The summed E-state index contributed by atoms with van der Waals surface area (Å²) in [4.78, 5) is 2.27. The van der Waals surface area contributed by atoms with Crippen molar-refractivity contribution in [3.05, 3.63) is 0 Å². The lowest BCUT2D eigenvalue weighted by atomic mass is 9.92. The minimum absolute atomic E-state index is 0.110. The summed E-state index contributed by atoms with van der Waals surface area (Å²) in [5.41, 5.74) is -0.518. The molecule has 0 unspecified atom stereocenters. The molecule has 0 aromatic heterocycles. The van der Waals surface area contributed by atoms with Gasteiger partial charge in [0.25, 0.3) is 5.92 Å². The maximum Gasteiger partial charge on any atom is 0.254 e. The van der Waals surface area contributed by atoms with Crippen LogP contribution < -0.4 is 0 Å². The minimum Gasteiger partial charge on any atom is -0.396 e. The van der Waals surface area contributed by atoms with Crippen molar-refractivity contribution in [3.63, 3.8) is 0 Å². The monoisotopic (exact) mass is 305 g/mol. The molecule has 2 aliphatic carbocycles. The Bertz CT molecular complexity index is 308. The summed E-state index contributed by atoms with van der Waals surface area (Å²) in [5, 5.41) is 9.24. The highest BCUT2D eigenvalue weighted by atomic mass is 19.3. The van der Waals surface area contributed by atoms with Crippen molar-refractivity contribution < 1.29 is 13.9 Å². The van der Waals surface area contributed by atoms with Crippen molar-refractivity contribution in [1.29, 1.82) is 0 Å². The topological polar surface area (TPSA) is 23.5 Å². The van der Waals surface area contributed by atoms with Gasteiger partial charge in [-0.15, -0.1) is 0 Å². The van der Waals surface area contributed by atoms with Crippen molar-refractivity contribution in [2.24, 2.45) is 10.8 Å². The molecule has 0 amide bonds. The van der Waals surface area contributed by atoms with Crippen LogP contribution in [0.1, 0.15) is 66.2 Å². The molecule has 2 nitrogen and oxygen atoms in total. The number of nitrogens with zero attached hydrogens (tertiary/aromatic N) is 1. The number of hydrogen-bond acceptors (Lipinski definition) is 2. The number of aliphatic hydroxyl groups is 1. The predicted molar refractivity (Wildman–Crippen MR) is 83.7 cm³/mol. The molecule has 3 fully saturated rings. The Morgan fingerprint density at radius 2 is 1.43 bits per heavy atom. The number of rotatable bonds is 3. The van der Waals surface area contributed by atoms with E-state index in [2.05, 4.69) is 18.7 Å². The molecule has 4 heteroatoms. The van der Waals surface area contributed by atoms with Crippen LogP contribution in [-0.4, -0.2) is 42.2 Å². The Labute approximate surface area is 128 Å². The third-order valence-corrected chi connectivity index (χ3v) is 4.88. The zero-order valence-corrected chi connectivity index (χ0v) is 14.2. The Balaban J connectivity index is 0.000000395. The lowest BCUT2D eigenvalue weighted by Gasteiger charge is -2.34. The van der Waals surface area contributed by atoms with Crippen molar-refractivity contribution in [2.45, 2.75) is 72.1 Å². The maximum absolute atomic E-state index is 13.2. The molecule has 1 aliphatic heterocycles. The van der Waals surface area contributed by atoms with E-state index < -0.39 is 11.3 Å². The quantitative estimate of drug-likeness (QED) is 0.839. The third kappa shape index (κ3) is 4.38. The number of hydrogen-bond donors (Lipinski definition) is 1. The Morgan fingerprint density at radius 1 is 1.00 bits per heavy atom. The van der Waals surface area contributed by atoms with Gasteiger partial charge in [0.2, 0.25) is 0 Å². The predicted octanol–water partition coefficient (Wildman–Crippen LogP) is 4.32. The first kappa shape index (κ1) is 18.8. The van der Waals surface area contributed by atoms with Crippen LogP contribution in [-0.2, 0) is 0 Å². The summed E-state index contributed by atoms with van der Waals surface area (Å²) >= 11 is 0. The van der Waals surface area contributed by atoms with Gasteiger partial charge in [0.1, 0.15) is 0 Å². The number of likely N-dealkylation sites (tertiary alicyclic amines) is 1. The van der Waals surface area contributed by atoms with Gasteiger partial charge in [0, 0.05) is 30.4 Å². The highest BCUT2D eigenvalue weighted by molar-refractivity contribution is 5.12. The summed E-state index contributed by atoms with van der Waals surface area (Å²) in [5.74, 6) is -2.38. The number of aliphatic hydroxyl groups excluding tert-OH is 1. The fourth-order valence-corrected chi connectivity index (χ4v) is 3.08. The molecule has 1 heterocycles. The van der Waals surface area contributed by atoms with E-state index in [1.807, 2.05) is 13.8 Å². The molecule has 21 heavy (non-hydrogen) atoms. The van der Waals surface area contributed by atoms with Crippen LogP contribution in [0, 0.1) is 10.8 Å². The van der Waals surface area contributed by atoms with Gasteiger partial charge in [0.05, 0.1) is 0 Å². The summed E-state index contributed by atoms with van der Waals surface area (Å²) in [6.45, 7) is 11.0.